The molecule has 1 unspecified atom stereocenters. The van der Waals surface area contributed by atoms with Crippen molar-refractivity contribution in [3.63, 3.8) is 0 Å². The number of hydrogen-bond donors (Lipinski definition) is 1. The van der Waals surface area contributed by atoms with Gasteiger partial charge in [0, 0.05) is 5.56 Å². The number of para-hydroxylation sites is 1. The van der Waals surface area contributed by atoms with E-state index in [2.05, 4.69) is 0 Å². The number of rotatable bonds is 4. The lowest BCUT2D eigenvalue weighted by Crippen LogP contribution is -2.11. The zero-order chi connectivity index (χ0) is 10.6. The Kier molecular flexibility index (Phi) is 4.23. The van der Waals surface area contributed by atoms with E-state index >= 15 is 0 Å². The molecule has 0 aliphatic rings. The normalized spacial score (nSPS) is 12.6. The van der Waals surface area contributed by atoms with Crippen molar-refractivity contribution in [2.24, 2.45) is 0 Å². The van der Waals surface area contributed by atoms with E-state index in [0.717, 1.165) is 12.0 Å². The van der Waals surface area contributed by atoms with Crippen LogP contribution in [0.5, 0.6) is 5.75 Å². The Morgan fingerprint density at radius 3 is 2.79 bits per heavy atom. The summed E-state index contributed by atoms with van der Waals surface area (Å²) in [5.41, 5.74) is 0.734. The van der Waals surface area contributed by atoms with Crippen molar-refractivity contribution in [3.8, 4) is 5.75 Å². The van der Waals surface area contributed by atoms with Crippen LogP contribution in [0.4, 0.5) is 0 Å². The fourth-order valence-corrected chi connectivity index (χ4v) is 1.33. The Labute approximate surface area is 89.5 Å². The molecule has 0 heterocycles. The number of hydrogen-bond acceptors (Lipinski definition) is 2. The molecule has 0 saturated heterocycles. The van der Waals surface area contributed by atoms with Crippen LogP contribution in [0.1, 0.15) is 25.8 Å². The molecule has 1 aromatic carbocycles. The van der Waals surface area contributed by atoms with Crippen molar-refractivity contribution in [1.29, 1.82) is 0 Å². The molecule has 0 bridgehead atoms. The van der Waals surface area contributed by atoms with Gasteiger partial charge in [-0.3, -0.25) is 0 Å². The topological polar surface area (TPSA) is 29.5 Å². The van der Waals surface area contributed by atoms with Gasteiger partial charge in [-0.1, -0.05) is 30.7 Å². The quantitative estimate of drug-likeness (QED) is 0.835. The Balaban J connectivity index is 2.92. The molecule has 2 nitrogen and oxygen atoms in total. The zero-order valence-corrected chi connectivity index (χ0v) is 9.21. The molecule has 1 rings (SSSR count). The van der Waals surface area contributed by atoms with Crippen LogP contribution in [0.3, 0.4) is 0 Å². The molecule has 1 atom stereocenters. The molecule has 78 valence electrons. The van der Waals surface area contributed by atoms with Crippen LogP contribution in [0, 0.1) is 0 Å². The van der Waals surface area contributed by atoms with Gasteiger partial charge in [0.1, 0.15) is 5.75 Å². The molecule has 1 N–H and O–H groups in total. The lowest BCUT2D eigenvalue weighted by molar-refractivity contribution is 0.206. The minimum atomic E-state index is -0.0493. The van der Waals surface area contributed by atoms with Crippen molar-refractivity contribution in [3.05, 3.63) is 28.8 Å². The second-order valence-electron chi connectivity index (χ2n) is 3.22. The van der Waals surface area contributed by atoms with Crippen LogP contribution in [-0.4, -0.2) is 11.2 Å². The third-order valence-corrected chi connectivity index (χ3v) is 2.41. The van der Waals surface area contributed by atoms with Crippen molar-refractivity contribution in [2.75, 3.05) is 0 Å². The number of ether oxygens (including phenoxy) is 1. The maximum absolute atomic E-state index is 9.09. The molecule has 0 radical (unpaired) electrons. The molecule has 0 aliphatic heterocycles. The first-order valence-electron chi connectivity index (χ1n) is 4.74. The SMILES string of the molecule is CCC(C)Oc1c(Cl)cccc1CO. The van der Waals surface area contributed by atoms with Crippen LogP contribution >= 0.6 is 11.6 Å². The van der Waals surface area contributed by atoms with Crippen molar-refractivity contribution < 1.29 is 9.84 Å². The summed E-state index contributed by atoms with van der Waals surface area (Å²) in [5, 5.41) is 9.64. The Morgan fingerprint density at radius 2 is 2.21 bits per heavy atom. The lowest BCUT2D eigenvalue weighted by Gasteiger charge is -2.16. The molecular formula is C11H15ClO2. The minimum Gasteiger partial charge on any atom is -0.489 e. The number of aliphatic hydroxyl groups excluding tert-OH is 1. The van der Waals surface area contributed by atoms with E-state index in [1.807, 2.05) is 19.9 Å². The minimum absolute atomic E-state index is 0.0493. The number of aliphatic hydroxyl groups is 1. The van der Waals surface area contributed by atoms with E-state index in [-0.39, 0.29) is 12.7 Å². The second-order valence-corrected chi connectivity index (χ2v) is 3.63. The van der Waals surface area contributed by atoms with E-state index in [0.29, 0.717) is 10.8 Å². The highest BCUT2D eigenvalue weighted by molar-refractivity contribution is 6.32. The molecule has 3 heteroatoms. The average Bonchev–Trinajstić information content (AvgIpc) is 2.20. The first-order chi connectivity index (χ1) is 6.69. The molecule has 1 aromatic rings. The Morgan fingerprint density at radius 1 is 1.50 bits per heavy atom. The smallest absolute Gasteiger partial charge is 0.143 e. The molecule has 14 heavy (non-hydrogen) atoms. The zero-order valence-electron chi connectivity index (χ0n) is 8.46. The standard InChI is InChI=1S/C11H15ClO2/c1-3-8(2)14-11-9(7-13)5-4-6-10(11)12/h4-6,8,13H,3,7H2,1-2H3. The summed E-state index contributed by atoms with van der Waals surface area (Å²) in [4.78, 5) is 0. The monoisotopic (exact) mass is 214 g/mol. The number of halogens is 1. The lowest BCUT2D eigenvalue weighted by atomic mass is 10.2. The van der Waals surface area contributed by atoms with Gasteiger partial charge in [0.2, 0.25) is 0 Å². The average molecular weight is 215 g/mol. The summed E-state index contributed by atoms with van der Waals surface area (Å²) < 4.78 is 5.62. The largest absolute Gasteiger partial charge is 0.489 e. The maximum Gasteiger partial charge on any atom is 0.143 e. The van der Waals surface area contributed by atoms with Crippen molar-refractivity contribution in [1.82, 2.24) is 0 Å². The Bertz CT molecular complexity index is 299. The summed E-state index contributed by atoms with van der Waals surface area (Å²) in [5.74, 6) is 0.603. The summed E-state index contributed by atoms with van der Waals surface area (Å²) >= 11 is 5.97. The molecule has 0 spiro atoms. The highest BCUT2D eigenvalue weighted by Gasteiger charge is 2.10. The summed E-state index contributed by atoms with van der Waals surface area (Å²) in [7, 11) is 0. The molecule has 0 aromatic heterocycles. The predicted octanol–water partition coefficient (Wildman–Crippen LogP) is 3.01. The summed E-state index contributed by atoms with van der Waals surface area (Å²) in [6, 6.07) is 5.37. The first-order valence-corrected chi connectivity index (χ1v) is 5.11. The number of benzene rings is 1. The van der Waals surface area contributed by atoms with Crippen LogP contribution in [-0.2, 0) is 6.61 Å². The molecular weight excluding hydrogens is 200 g/mol. The molecule has 0 fully saturated rings. The highest BCUT2D eigenvalue weighted by atomic mass is 35.5. The van der Waals surface area contributed by atoms with Gasteiger partial charge in [0.15, 0.2) is 0 Å². The molecule has 0 amide bonds. The van der Waals surface area contributed by atoms with E-state index in [4.69, 9.17) is 21.4 Å². The van der Waals surface area contributed by atoms with E-state index < -0.39 is 0 Å². The van der Waals surface area contributed by atoms with E-state index in [1.165, 1.54) is 0 Å². The molecule has 0 saturated carbocycles. The fraction of sp³-hybridized carbons (Fsp3) is 0.455. The maximum atomic E-state index is 9.09. The van der Waals surface area contributed by atoms with E-state index in [1.54, 1.807) is 12.1 Å². The van der Waals surface area contributed by atoms with Crippen LogP contribution in [0.2, 0.25) is 5.02 Å². The van der Waals surface area contributed by atoms with Gasteiger partial charge < -0.3 is 9.84 Å². The summed E-state index contributed by atoms with van der Waals surface area (Å²) in [6.07, 6.45) is 1.02. The highest BCUT2D eigenvalue weighted by Crippen LogP contribution is 2.29. The van der Waals surface area contributed by atoms with Gasteiger partial charge >= 0.3 is 0 Å². The van der Waals surface area contributed by atoms with Crippen molar-refractivity contribution in [2.45, 2.75) is 33.0 Å². The van der Waals surface area contributed by atoms with Crippen LogP contribution in [0.15, 0.2) is 18.2 Å². The van der Waals surface area contributed by atoms with Crippen molar-refractivity contribution >= 4 is 11.6 Å². The van der Waals surface area contributed by atoms with Crippen LogP contribution < -0.4 is 4.74 Å². The third-order valence-electron chi connectivity index (χ3n) is 2.11. The predicted molar refractivity (Wildman–Crippen MR) is 57.8 cm³/mol. The van der Waals surface area contributed by atoms with Crippen LogP contribution in [0.25, 0.3) is 0 Å². The van der Waals surface area contributed by atoms with Gasteiger partial charge in [-0.15, -0.1) is 0 Å². The van der Waals surface area contributed by atoms with Gasteiger partial charge in [-0.2, -0.15) is 0 Å². The van der Waals surface area contributed by atoms with Gasteiger partial charge in [0.05, 0.1) is 17.7 Å². The Hall–Kier alpha value is -0.730. The second kappa shape index (κ2) is 5.23. The van der Waals surface area contributed by atoms with E-state index in [9.17, 15) is 0 Å². The van der Waals surface area contributed by atoms with Gasteiger partial charge in [-0.25, -0.2) is 0 Å². The fourth-order valence-electron chi connectivity index (χ4n) is 1.09. The first kappa shape index (κ1) is 11.3. The third kappa shape index (κ3) is 2.63. The van der Waals surface area contributed by atoms with Gasteiger partial charge in [0.25, 0.3) is 0 Å². The van der Waals surface area contributed by atoms with Gasteiger partial charge in [-0.05, 0) is 19.4 Å². The molecule has 0 aliphatic carbocycles. The summed E-state index contributed by atoms with van der Waals surface area (Å²) in [6.45, 7) is 3.97.